The summed E-state index contributed by atoms with van der Waals surface area (Å²) in [5, 5.41) is 10.8. The van der Waals surface area contributed by atoms with E-state index in [2.05, 4.69) is 16.8 Å². The first kappa shape index (κ1) is 17.7. The van der Waals surface area contributed by atoms with Gasteiger partial charge in [0.25, 0.3) is 0 Å². The molecule has 3 rings (SSSR count). The van der Waals surface area contributed by atoms with Crippen molar-refractivity contribution in [2.75, 3.05) is 33.2 Å². The molecule has 3 atom stereocenters. The molecule has 2 aliphatic rings. The number of likely N-dealkylation sites (N-methyl/N-ethyl adjacent to an activating group) is 1. The average Bonchev–Trinajstić information content (AvgIpc) is 2.63. The number of para-hydroxylation sites is 1. The fourth-order valence-electron chi connectivity index (χ4n) is 4.05. The minimum atomic E-state index is -0.412. The van der Waals surface area contributed by atoms with Crippen molar-refractivity contribution in [3.05, 3.63) is 30.3 Å². The molecule has 1 aliphatic carbocycles. The highest BCUT2D eigenvalue weighted by molar-refractivity contribution is 5.21. The predicted octanol–water partition coefficient (Wildman–Crippen LogP) is 2.77. The molecule has 0 unspecified atom stereocenters. The van der Waals surface area contributed by atoms with E-state index in [-0.39, 0.29) is 12.1 Å². The van der Waals surface area contributed by atoms with E-state index in [0.29, 0.717) is 0 Å². The zero-order valence-corrected chi connectivity index (χ0v) is 14.9. The van der Waals surface area contributed by atoms with Gasteiger partial charge in [-0.25, -0.2) is 0 Å². The summed E-state index contributed by atoms with van der Waals surface area (Å²) in [5.74, 6) is 0.859. The van der Waals surface area contributed by atoms with Gasteiger partial charge < -0.3 is 14.7 Å². The number of rotatable bonds is 6. The average molecular weight is 332 g/mol. The molecule has 0 bridgehead atoms. The van der Waals surface area contributed by atoms with Crippen LogP contribution in [0.5, 0.6) is 5.75 Å². The standard InChI is InChI=1S/C20H32N2O2/c1-21(15-16-22-13-6-3-7-14-22)18-11-8-12-19(20(18)23)24-17-9-4-2-5-10-17/h2,4-5,9-10,18-20,23H,3,6-8,11-16H2,1H3/t18-,19+,20+/m0/s1. The molecule has 24 heavy (non-hydrogen) atoms. The van der Waals surface area contributed by atoms with Gasteiger partial charge in [-0.1, -0.05) is 24.6 Å². The first-order valence-electron chi connectivity index (χ1n) is 9.56. The third kappa shape index (κ3) is 4.71. The zero-order valence-electron chi connectivity index (χ0n) is 14.9. The monoisotopic (exact) mass is 332 g/mol. The molecule has 0 spiro atoms. The summed E-state index contributed by atoms with van der Waals surface area (Å²) in [4.78, 5) is 4.91. The molecule has 0 aromatic heterocycles. The summed E-state index contributed by atoms with van der Waals surface area (Å²) in [6, 6.07) is 10.1. The summed E-state index contributed by atoms with van der Waals surface area (Å²) >= 11 is 0. The van der Waals surface area contributed by atoms with Crippen LogP contribution >= 0.6 is 0 Å². The van der Waals surface area contributed by atoms with Gasteiger partial charge in [0.15, 0.2) is 0 Å². The summed E-state index contributed by atoms with van der Waals surface area (Å²) in [6.07, 6.45) is 6.66. The van der Waals surface area contributed by atoms with E-state index >= 15 is 0 Å². The number of hydrogen-bond acceptors (Lipinski definition) is 4. The van der Waals surface area contributed by atoms with Crippen LogP contribution < -0.4 is 4.74 Å². The molecule has 2 fully saturated rings. The molecule has 0 amide bonds. The number of ether oxygens (including phenoxy) is 1. The molecule has 1 aliphatic heterocycles. The van der Waals surface area contributed by atoms with Gasteiger partial charge >= 0.3 is 0 Å². The Morgan fingerprint density at radius 2 is 1.83 bits per heavy atom. The van der Waals surface area contributed by atoms with Crippen molar-refractivity contribution in [3.8, 4) is 5.75 Å². The number of aliphatic hydroxyl groups is 1. The van der Waals surface area contributed by atoms with Crippen molar-refractivity contribution in [2.24, 2.45) is 0 Å². The zero-order chi connectivity index (χ0) is 16.8. The summed E-state index contributed by atoms with van der Waals surface area (Å²) in [7, 11) is 2.16. The Morgan fingerprint density at radius 3 is 2.58 bits per heavy atom. The molecule has 134 valence electrons. The third-order valence-corrected chi connectivity index (χ3v) is 5.58. The van der Waals surface area contributed by atoms with Crippen LogP contribution in [0, 0.1) is 0 Å². The van der Waals surface area contributed by atoms with Crippen LogP contribution in [-0.4, -0.2) is 66.4 Å². The molecule has 4 heteroatoms. The van der Waals surface area contributed by atoms with E-state index in [9.17, 15) is 5.11 Å². The highest BCUT2D eigenvalue weighted by Gasteiger charge is 2.35. The van der Waals surface area contributed by atoms with Gasteiger partial charge in [-0.15, -0.1) is 0 Å². The van der Waals surface area contributed by atoms with Crippen LogP contribution in [0.1, 0.15) is 38.5 Å². The molecule has 1 heterocycles. The fourth-order valence-corrected chi connectivity index (χ4v) is 4.05. The van der Waals surface area contributed by atoms with Crippen molar-refractivity contribution in [2.45, 2.75) is 56.8 Å². The highest BCUT2D eigenvalue weighted by atomic mass is 16.5. The van der Waals surface area contributed by atoms with E-state index in [1.165, 1.54) is 32.4 Å². The Balaban J connectivity index is 1.50. The Kier molecular flexibility index (Phi) is 6.52. The van der Waals surface area contributed by atoms with Crippen molar-refractivity contribution >= 4 is 0 Å². The number of nitrogens with zero attached hydrogens (tertiary/aromatic N) is 2. The SMILES string of the molecule is CN(CCN1CCCCC1)[C@H]1CCC[C@@H](Oc2ccccc2)[C@@H]1O. The fraction of sp³-hybridized carbons (Fsp3) is 0.700. The van der Waals surface area contributed by atoms with Crippen molar-refractivity contribution in [1.29, 1.82) is 0 Å². The maximum absolute atomic E-state index is 10.8. The van der Waals surface area contributed by atoms with Crippen LogP contribution in [0.2, 0.25) is 0 Å². The largest absolute Gasteiger partial charge is 0.488 e. The second kappa shape index (κ2) is 8.84. The molecule has 4 nitrogen and oxygen atoms in total. The molecular weight excluding hydrogens is 300 g/mol. The lowest BCUT2D eigenvalue weighted by atomic mass is 9.89. The van der Waals surface area contributed by atoms with Gasteiger partial charge in [0.1, 0.15) is 18.0 Å². The van der Waals surface area contributed by atoms with E-state index in [1.807, 2.05) is 30.3 Å². The summed E-state index contributed by atoms with van der Waals surface area (Å²) in [6.45, 7) is 4.62. The lowest BCUT2D eigenvalue weighted by Crippen LogP contribution is -2.53. The van der Waals surface area contributed by atoms with Crippen molar-refractivity contribution < 1.29 is 9.84 Å². The van der Waals surface area contributed by atoms with Gasteiger partial charge in [0.05, 0.1) is 0 Å². The second-order valence-corrected chi connectivity index (χ2v) is 7.34. The predicted molar refractivity (Wildman–Crippen MR) is 97.4 cm³/mol. The van der Waals surface area contributed by atoms with Crippen molar-refractivity contribution in [3.63, 3.8) is 0 Å². The normalized spacial score (nSPS) is 28.9. The topological polar surface area (TPSA) is 35.9 Å². The van der Waals surface area contributed by atoms with Gasteiger partial charge in [0, 0.05) is 19.1 Å². The molecule has 1 saturated heterocycles. The maximum atomic E-state index is 10.8. The molecule has 1 N–H and O–H groups in total. The first-order valence-corrected chi connectivity index (χ1v) is 9.56. The molecule has 0 radical (unpaired) electrons. The number of likely N-dealkylation sites (tertiary alicyclic amines) is 1. The minimum Gasteiger partial charge on any atom is -0.488 e. The Morgan fingerprint density at radius 1 is 1.08 bits per heavy atom. The number of aliphatic hydroxyl groups excluding tert-OH is 1. The third-order valence-electron chi connectivity index (χ3n) is 5.58. The van der Waals surface area contributed by atoms with E-state index < -0.39 is 6.10 Å². The Hall–Kier alpha value is -1.10. The van der Waals surface area contributed by atoms with E-state index in [1.54, 1.807) is 0 Å². The Labute approximate surface area is 146 Å². The molecular formula is C20H32N2O2. The van der Waals surface area contributed by atoms with Gasteiger partial charge in [-0.2, -0.15) is 0 Å². The number of benzene rings is 1. The lowest BCUT2D eigenvalue weighted by Gasteiger charge is -2.40. The molecule has 1 aromatic carbocycles. The van der Waals surface area contributed by atoms with Crippen LogP contribution in [0.4, 0.5) is 0 Å². The van der Waals surface area contributed by atoms with Crippen molar-refractivity contribution in [1.82, 2.24) is 9.80 Å². The van der Waals surface area contributed by atoms with E-state index in [4.69, 9.17) is 4.74 Å². The van der Waals surface area contributed by atoms with Gasteiger partial charge in [-0.3, -0.25) is 4.90 Å². The smallest absolute Gasteiger partial charge is 0.126 e. The van der Waals surface area contributed by atoms with Crippen LogP contribution in [-0.2, 0) is 0 Å². The van der Waals surface area contributed by atoms with Gasteiger partial charge in [0.2, 0.25) is 0 Å². The molecule has 1 saturated carbocycles. The second-order valence-electron chi connectivity index (χ2n) is 7.34. The first-order chi connectivity index (χ1) is 11.7. The molecule has 1 aromatic rings. The number of piperidine rings is 1. The lowest BCUT2D eigenvalue weighted by molar-refractivity contribution is -0.0486. The summed E-state index contributed by atoms with van der Waals surface area (Å²) < 4.78 is 6.06. The quantitative estimate of drug-likeness (QED) is 0.869. The minimum absolute atomic E-state index is 0.0939. The van der Waals surface area contributed by atoms with Gasteiger partial charge in [-0.05, 0) is 64.4 Å². The van der Waals surface area contributed by atoms with Crippen LogP contribution in [0.25, 0.3) is 0 Å². The summed E-state index contributed by atoms with van der Waals surface area (Å²) in [5.41, 5.74) is 0. The van der Waals surface area contributed by atoms with Crippen LogP contribution in [0.15, 0.2) is 30.3 Å². The van der Waals surface area contributed by atoms with Crippen LogP contribution in [0.3, 0.4) is 0 Å². The number of hydrogen-bond donors (Lipinski definition) is 1. The Bertz CT molecular complexity index is 476. The highest BCUT2D eigenvalue weighted by Crippen LogP contribution is 2.27. The van der Waals surface area contributed by atoms with E-state index in [0.717, 1.165) is 38.1 Å². The maximum Gasteiger partial charge on any atom is 0.126 e.